The summed E-state index contributed by atoms with van der Waals surface area (Å²) in [5, 5.41) is 8.02. The first-order valence-corrected chi connectivity index (χ1v) is 13.7. The van der Waals surface area contributed by atoms with E-state index in [1.54, 1.807) is 13.8 Å². The van der Waals surface area contributed by atoms with Gasteiger partial charge in [0.15, 0.2) is 11.6 Å². The number of hydrogen-bond acceptors (Lipinski definition) is 8. The van der Waals surface area contributed by atoms with Crippen LogP contribution in [-0.2, 0) is 20.2 Å². The molecule has 0 spiro atoms. The molecule has 192 valence electrons. The average Bonchev–Trinajstić information content (AvgIpc) is 3.52. The minimum atomic E-state index is -3.69. The van der Waals surface area contributed by atoms with Gasteiger partial charge < -0.3 is 13.9 Å². The standard InChI is InChI=1S/C25H31N5O5S/c1-17-21(18(2)34-27-17)36(32,33)30-13-9-20(10-14-30)23(31)29-15-11-25(3,12-16-29)24-26-22(35-28-24)19-7-5-4-6-8-19/h4-8,20H,9-16H2,1-3H3. The molecule has 0 bridgehead atoms. The highest BCUT2D eigenvalue weighted by Gasteiger charge is 2.40. The first-order valence-electron chi connectivity index (χ1n) is 12.3. The molecule has 0 radical (unpaired) electrons. The topological polar surface area (TPSA) is 123 Å². The second kappa shape index (κ2) is 9.44. The van der Waals surface area contributed by atoms with Crippen LogP contribution in [0, 0.1) is 19.8 Å². The summed E-state index contributed by atoms with van der Waals surface area (Å²) >= 11 is 0. The molecule has 4 heterocycles. The first kappa shape index (κ1) is 24.6. The van der Waals surface area contributed by atoms with Gasteiger partial charge in [0.25, 0.3) is 5.89 Å². The Labute approximate surface area is 210 Å². The number of piperidine rings is 2. The van der Waals surface area contributed by atoms with Crippen LogP contribution in [0.5, 0.6) is 0 Å². The zero-order chi connectivity index (χ0) is 25.5. The average molecular weight is 514 g/mol. The lowest BCUT2D eigenvalue weighted by atomic mass is 9.79. The number of aromatic nitrogens is 3. The van der Waals surface area contributed by atoms with Gasteiger partial charge in [-0.1, -0.05) is 35.4 Å². The van der Waals surface area contributed by atoms with E-state index in [-0.39, 0.29) is 22.1 Å². The molecule has 2 fully saturated rings. The van der Waals surface area contributed by atoms with Crippen LogP contribution in [0.1, 0.15) is 49.9 Å². The van der Waals surface area contributed by atoms with Gasteiger partial charge in [0.1, 0.15) is 10.6 Å². The molecule has 0 atom stereocenters. The Morgan fingerprint density at radius 1 is 1.00 bits per heavy atom. The van der Waals surface area contributed by atoms with Crippen LogP contribution in [0.25, 0.3) is 11.5 Å². The van der Waals surface area contributed by atoms with Gasteiger partial charge in [-0.05, 0) is 51.7 Å². The number of likely N-dealkylation sites (tertiary alicyclic amines) is 1. The second-order valence-electron chi connectivity index (χ2n) is 10.0. The summed E-state index contributed by atoms with van der Waals surface area (Å²) in [6.07, 6.45) is 2.48. The van der Waals surface area contributed by atoms with Crippen LogP contribution in [0.2, 0.25) is 0 Å². The van der Waals surface area contributed by atoms with E-state index in [0.717, 1.165) is 18.4 Å². The molecule has 10 nitrogen and oxygen atoms in total. The van der Waals surface area contributed by atoms with E-state index >= 15 is 0 Å². The van der Waals surface area contributed by atoms with Crippen LogP contribution in [0.4, 0.5) is 0 Å². The first-order chi connectivity index (χ1) is 17.2. The summed E-state index contributed by atoms with van der Waals surface area (Å²) < 4.78 is 38.2. The Kier molecular flexibility index (Phi) is 6.46. The van der Waals surface area contributed by atoms with Crippen LogP contribution in [-0.4, -0.2) is 65.0 Å². The molecule has 5 rings (SSSR count). The van der Waals surface area contributed by atoms with Gasteiger partial charge in [-0.3, -0.25) is 4.79 Å². The Morgan fingerprint density at radius 2 is 1.67 bits per heavy atom. The number of benzene rings is 1. The van der Waals surface area contributed by atoms with Crippen molar-refractivity contribution in [1.82, 2.24) is 24.5 Å². The van der Waals surface area contributed by atoms with Crippen LogP contribution in [0.15, 0.2) is 44.3 Å². The molecule has 2 aromatic heterocycles. The van der Waals surface area contributed by atoms with Crippen molar-refractivity contribution < 1.29 is 22.3 Å². The van der Waals surface area contributed by atoms with Gasteiger partial charge in [0, 0.05) is 43.1 Å². The number of carbonyl (C=O) groups is 1. The highest BCUT2D eigenvalue weighted by Crippen LogP contribution is 2.36. The smallest absolute Gasteiger partial charge is 0.257 e. The Bertz CT molecular complexity index is 1310. The summed E-state index contributed by atoms with van der Waals surface area (Å²) in [5.74, 6) is 1.39. The number of carbonyl (C=O) groups excluding carboxylic acids is 1. The Balaban J connectivity index is 1.18. The van der Waals surface area contributed by atoms with Crippen molar-refractivity contribution in [3.63, 3.8) is 0 Å². The number of aryl methyl sites for hydroxylation is 2. The SMILES string of the molecule is Cc1noc(C)c1S(=O)(=O)N1CCC(C(=O)N2CCC(C)(c3noc(-c4ccccc4)n3)CC2)CC1. The number of hydrogen-bond donors (Lipinski definition) is 0. The minimum Gasteiger partial charge on any atom is -0.360 e. The van der Waals surface area contributed by atoms with E-state index < -0.39 is 10.0 Å². The highest BCUT2D eigenvalue weighted by molar-refractivity contribution is 7.89. The molecule has 0 unspecified atom stereocenters. The van der Waals surface area contributed by atoms with E-state index in [4.69, 9.17) is 9.05 Å². The fraction of sp³-hybridized carbons (Fsp3) is 0.520. The quantitative estimate of drug-likeness (QED) is 0.509. The number of nitrogens with zero attached hydrogens (tertiary/aromatic N) is 5. The highest BCUT2D eigenvalue weighted by atomic mass is 32.2. The largest absolute Gasteiger partial charge is 0.360 e. The predicted octanol–water partition coefficient (Wildman–Crippen LogP) is 3.32. The molecule has 0 aliphatic carbocycles. The van der Waals surface area contributed by atoms with E-state index in [1.165, 1.54) is 4.31 Å². The molecule has 1 aromatic carbocycles. The molecule has 11 heteroatoms. The van der Waals surface area contributed by atoms with Crippen molar-refractivity contribution in [1.29, 1.82) is 0 Å². The van der Waals surface area contributed by atoms with Gasteiger partial charge in [0.2, 0.25) is 15.9 Å². The molecule has 36 heavy (non-hydrogen) atoms. The van der Waals surface area contributed by atoms with Crippen molar-refractivity contribution in [3.05, 3.63) is 47.6 Å². The third kappa shape index (κ3) is 4.45. The number of amides is 1. The lowest BCUT2D eigenvalue weighted by molar-refractivity contribution is -0.138. The third-order valence-electron chi connectivity index (χ3n) is 7.53. The monoisotopic (exact) mass is 513 g/mol. The fourth-order valence-electron chi connectivity index (χ4n) is 5.18. The molecule has 0 saturated carbocycles. The van der Waals surface area contributed by atoms with Crippen LogP contribution < -0.4 is 0 Å². The summed E-state index contributed by atoms with van der Waals surface area (Å²) in [7, 11) is -3.69. The fourth-order valence-corrected chi connectivity index (χ4v) is 6.94. The molecular weight excluding hydrogens is 482 g/mol. The maximum absolute atomic E-state index is 13.3. The summed E-state index contributed by atoms with van der Waals surface area (Å²) in [6, 6.07) is 9.68. The van der Waals surface area contributed by atoms with Crippen molar-refractivity contribution in [2.24, 2.45) is 5.92 Å². The van der Waals surface area contributed by atoms with Crippen molar-refractivity contribution >= 4 is 15.9 Å². The van der Waals surface area contributed by atoms with Crippen molar-refractivity contribution in [2.45, 2.75) is 56.8 Å². The molecule has 3 aromatic rings. The molecular formula is C25H31N5O5S. The maximum Gasteiger partial charge on any atom is 0.257 e. The zero-order valence-corrected chi connectivity index (χ0v) is 21.6. The molecule has 2 aliphatic rings. The summed E-state index contributed by atoms with van der Waals surface area (Å²) in [5.41, 5.74) is 0.980. The van der Waals surface area contributed by atoms with E-state index in [9.17, 15) is 13.2 Å². The minimum absolute atomic E-state index is 0.101. The molecule has 1 amide bonds. The molecule has 2 aliphatic heterocycles. The second-order valence-corrected chi connectivity index (χ2v) is 11.9. The van der Waals surface area contributed by atoms with Gasteiger partial charge in [-0.2, -0.15) is 9.29 Å². The van der Waals surface area contributed by atoms with Crippen molar-refractivity contribution in [2.75, 3.05) is 26.2 Å². The number of sulfonamides is 1. The molecule has 2 saturated heterocycles. The lowest BCUT2D eigenvalue weighted by Crippen LogP contribution is -2.49. The van der Waals surface area contributed by atoms with Gasteiger partial charge in [-0.25, -0.2) is 8.42 Å². The van der Waals surface area contributed by atoms with E-state index in [0.29, 0.717) is 62.2 Å². The van der Waals surface area contributed by atoms with E-state index in [2.05, 4.69) is 22.2 Å². The third-order valence-corrected chi connectivity index (χ3v) is 9.68. The van der Waals surface area contributed by atoms with Gasteiger partial charge >= 0.3 is 0 Å². The van der Waals surface area contributed by atoms with Crippen molar-refractivity contribution in [3.8, 4) is 11.5 Å². The van der Waals surface area contributed by atoms with E-state index in [1.807, 2.05) is 35.2 Å². The Morgan fingerprint density at radius 3 is 2.28 bits per heavy atom. The van der Waals surface area contributed by atoms with Crippen LogP contribution >= 0.6 is 0 Å². The van der Waals surface area contributed by atoms with Gasteiger partial charge in [-0.15, -0.1) is 0 Å². The predicted molar refractivity (Wildman–Crippen MR) is 130 cm³/mol. The zero-order valence-electron chi connectivity index (χ0n) is 20.8. The summed E-state index contributed by atoms with van der Waals surface area (Å²) in [4.78, 5) is 20.0. The maximum atomic E-state index is 13.3. The number of rotatable bonds is 5. The van der Waals surface area contributed by atoms with Crippen LogP contribution in [0.3, 0.4) is 0 Å². The molecule has 0 N–H and O–H groups in total. The lowest BCUT2D eigenvalue weighted by Gasteiger charge is -2.40. The summed E-state index contributed by atoms with van der Waals surface area (Å²) in [6.45, 7) is 7.18. The van der Waals surface area contributed by atoms with Gasteiger partial charge in [0.05, 0.1) is 0 Å². The Hall–Kier alpha value is -3.05. The normalized spacial score (nSPS) is 19.5.